The first-order valence-electron chi connectivity index (χ1n) is 7.05. The Morgan fingerprint density at radius 1 is 1.00 bits per heavy atom. The zero-order valence-corrected chi connectivity index (χ0v) is 12.2. The van der Waals surface area contributed by atoms with E-state index >= 15 is 0 Å². The molecule has 0 amide bonds. The topological polar surface area (TPSA) is 55.7 Å². The van der Waals surface area contributed by atoms with E-state index in [4.69, 9.17) is 0 Å². The monoisotopic (exact) mass is 289 g/mol. The van der Waals surface area contributed by atoms with Crippen LogP contribution in [0.1, 0.15) is 21.6 Å². The third-order valence-electron chi connectivity index (χ3n) is 3.39. The highest BCUT2D eigenvalue weighted by molar-refractivity contribution is 5.97. The molecule has 108 valence electrons. The number of benzene rings is 1. The highest BCUT2D eigenvalue weighted by Crippen LogP contribution is 2.14. The van der Waals surface area contributed by atoms with Gasteiger partial charge in [-0.25, -0.2) is 0 Å². The average molecular weight is 289 g/mol. The van der Waals surface area contributed by atoms with Gasteiger partial charge < -0.3 is 0 Å². The van der Waals surface area contributed by atoms with Gasteiger partial charge >= 0.3 is 0 Å². The maximum absolute atomic E-state index is 12.2. The lowest BCUT2D eigenvalue weighted by Crippen LogP contribution is -2.06. The summed E-state index contributed by atoms with van der Waals surface area (Å²) >= 11 is 0. The van der Waals surface area contributed by atoms with Crippen LogP contribution in [-0.2, 0) is 6.42 Å². The molecule has 0 atom stereocenters. The number of carbonyl (C=O) groups is 1. The second-order valence-electron chi connectivity index (χ2n) is 5.12. The van der Waals surface area contributed by atoms with Crippen LogP contribution < -0.4 is 0 Å². The highest BCUT2D eigenvalue weighted by Gasteiger charge is 2.09. The van der Waals surface area contributed by atoms with Gasteiger partial charge in [0.1, 0.15) is 0 Å². The Morgan fingerprint density at radius 2 is 1.82 bits per heavy atom. The SMILES string of the molecule is Cc1ccc(C(=O)Cc2ccc(-c3cccnc3)nn2)cc1. The molecular weight excluding hydrogens is 274 g/mol. The molecule has 2 heterocycles. The average Bonchev–Trinajstić information content (AvgIpc) is 2.57. The van der Waals surface area contributed by atoms with Gasteiger partial charge in [-0.1, -0.05) is 29.8 Å². The van der Waals surface area contributed by atoms with Crippen LogP contribution in [0.15, 0.2) is 60.9 Å². The van der Waals surface area contributed by atoms with Crippen LogP contribution in [0.25, 0.3) is 11.3 Å². The summed E-state index contributed by atoms with van der Waals surface area (Å²) < 4.78 is 0. The van der Waals surface area contributed by atoms with Crippen molar-refractivity contribution in [1.82, 2.24) is 15.2 Å². The number of rotatable bonds is 4. The van der Waals surface area contributed by atoms with Gasteiger partial charge in [-0.3, -0.25) is 9.78 Å². The number of Topliss-reactive ketones (excluding diaryl/α,β-unsaturated/α-hetero) is 1. The number of hydrogen-bond donors (Lipinski definition) is 0. The lowest BCUT2D eigenvalue weighted by atomic mass is 10.0. The maximum Gasteiger partial charge on any atom is 0.168 e. The molecule has 0 unspecified atom stereocenters. The Kier molecular flexibility index (Phi) is 4.01. The summed E-state index contributed by atoms with van der Waals surface area (Å²) in [5.41, 5.74) is 4.16. The van der Waals surface area contributed by atoms with E-state index in [1.807, 2.05) is 55.5 Å². The molecule has 0 saturated heterocycles. The fraction of sp³-hybridized carbons (Fsp3) is 0.111. The molecule has 1 aromatic carbocycles. The summed E-state index contributed by atoms with van der Waals surface area (Å²) in [6, 6.07) is 15.0. The third-order valence-corrected chi connectivity index (χ3v) is 3.39. The molecule has 3 aromatic rings. The minimum atomic E-state index is 0.0448. The van der Waals surface area contributed by atoms with Crippen LogP contribution in [-0.4, -0.2) is 21.0 Å². The van der Waals surface area contributed by atoms with Crippen molar-refractivity contribution in [3.8, 4) is 11.3 Å². The first-order chi connectivity index (χ1) is 10.7. The van der Waals surface area contributed by atoms with Crippen molar-refractivity contribution in [2.75, 3.05) is 0 Å². The fourth-order valence-electron chi connectivity index (χ4n) is 2.13. The normalized spacial score (nSPS) is 10.4. The maximum atomic E-state index is 12.2. The van der Waals surface area contributed by atoms with Crippen LogP contribution in [0.2, 0.25) is 0 Å². The van der Waals surface area contributed by atoms with E-state index in [9.17, 15) is 4.79 Å². The van der Waals surface area contributed by atoms with Crippen LogP contribution in [0, 0.1) is 6.92 Å². The van der Waals surface area contributed by atoms with Gasteiger partial charge in [0.05, 0.1) is 17.8 Å². The van der Waals surface area contributed by atoms with Gasteiger partial charge in [-0.15, -0.1) is 0 Å². The van der Waals surface area contributed by atoms with E-state index in [-0.39, 0.29) is 12.2 Å². The Labute approximate surface area is 128 Å². The van der Waals surface area contributed by atoms with E-state index in [1.165, 1.54) is 0 Å². The van der Waals surface area contributed by atoms with Crippen molar-refractivity contribution in [1.29, 1.82) is 0 Å². The summed E-state index contributed by atoms with van der Waals surface area (Å²) in [4.78, 5) is 16.3. The Hall–Kier alpha value is -2.88. The Balaban J connectivity index is 1.73. The molecule has 0 aliphatic carbocycles. The van der Waals surface area contributed by atoms with Gasteiger partial charge in [0.15, 0.2) is 5.78 Å². The number of carbonyl (C=O) groups excluding carboxylic acids is 1. The molecule has 0 radical (unpaired) electrons. The first kappa shape index (κ1) is 14.1. The smallest absolute Gasteiger partial charge is 0.168 e. The molecule has 0 saturated carbocycles. The van der Waals surface area contributed by atoms with Crippen LogP contribution >= 0.6 is 0 Å². The predicted octanol–water partition coefficient (Wildman–Crippen LogP) is 3.27. The van der Waals surface area contributed by atoms with Gasteiger partial charge in [0, 0.05) is 23.5 Å². The van der Waals surface area contributed by atoms with Crippen molar-refractivity contribution >= 4 is 5.78 Å². The summed E-state index contributed by atoms with van der Waals surface area (Å²) in [5.74, 6) is 0.0448. The molecule has 4 heteroatoms. The highest BCUT2D eigenvalue weighted by atomic mass is 16.1. The zero-order chi connectivity index (χ0) is 15.4. The molecule has 0 fully saturated rings. The first-order valence-corrected chi connectivity index (χ1v) is 7.05. The third kappa shape index (κ3) is 3.23. The van der Waals surface area contributed by atoms with E-state index in [0.717, 1.165) is 16.8 Å². The number of hydrogen-bond acceptors (Lipinski definition) is 4. The number of nitrogens with zero attached hydrogens (tertiary/aromatic N) is 3. The molecule has 0 spiro atoms. The molecule has 3 rings (SSSR count). The van der Waals surface area contributed by atoms with Gasteiger partial charge in [0.25, 0.3) is 0 Å². The summed E-state index contributed by atoms with van der Waals surface area (Å²) in [6.07, 6.45) is 3.70. The van der Waals surface area contributed by atoms with Crippen molar-refractivity contribution in [2.45, 2.75) is 13.3 Å². The van der Waals surface area contributed by atoms with Gasteiger partial charge in [0.2, 0.25) is 0 Å². The summed E-state index contributed by atoms with van der Waals surface area (Å²) in [5, 5.41) is 8.31. The van der Waals surface area contributed by atoms with Crippen molar-refractivity contribution in [3.05, 3.63) is 77.7 Å². The minimum Gasteiger partial charge on any atom is -0.294 e. The standard InChI is InChI=1S/C18H15N3O/c1-13-4-6-14(7-5-13)18(22)11-16-8-9-17(21-20-16)15-3-2-10-19-12-15/h2-10,12H,11H2,1H3. The fourth-order valence-corrected chi connectivity index (χ4v) is 2.13. The Bertz CT molecular complexity index is 766. The van der Waals surface area contributed by atoms with E-state index < -0.39 is 0 Å². The molecule has 0 aliphatic heterocycles. The van der Waals surface area contributed by atoms with E-state index in [0.29, 0.717) is 11.3 Å². The second-order valence-corrected chi connectivity index (χ2v) is 5.12. The number of aromatic nitrogens is 3. The molecule has 0 aliphatic rings. The zero-order valence-electron chi connectivity index (χ0n) is 12.2. The van der Waals surface area contributed by atoms with Crippen LogP contribution in [0.4, 0.5) is 0 Å². The van der Waals surface area contributed by atoms with E-state index in [2.05, 4.69) is 15.2 Å². The Morgan fingerprint density at radius 3 is 2.45 bits per heavy atom. The van der Waals surface area contributed by atoms with Crippen LogP contribution in [0.3, 0.4) is 0 Å². The lowest BCUT2D eigenvalue weighted by Gasteiger charge is -2.03. The number of ketones is 1. The minimum absolute atomic E-state index is 0.0448. The molecule has 0 N–H and O–H groups in total. The van der Waals surface area contributed by atoms with Crippen LogP contribution in [0.5, 0.6) is 0 Å². The second kappa shape index (κ2) is 6.26. The largest absolute Gasteiger partial charge is 0.294 e. The quantitative estimate of drug-likeness (QED) is 0.692. The lowest BCUT2D eigenvalue weighted by molar-refractivity contribution is 0.0991. The predicted molar refractivity (Wildman–Crippen MR) is 84.5 cm³/mol. The number of pyridine rings is 1. The number of aryl methyl sites for hydroxylation is 1. The molecule has 22 heavy (non-hydrogen) atoms. The van der Waals surface area contributed by atoms with Crippen molar-refractivity contribution in [2.24, 2.45) is 0 Å². The summed E-state index contributed by atoms with van der Waals surface area (Å²) in [6.45, 7) is 2.00. The molecular formula is C18H15N3O. The molecule has 4 nitrogen and oxygen atoms in total. The summed E-state index contributed by atoms with van der Waals surface area (Å²) in [7, 11) is 0. The van der Waals surface area contributed by atoms with Crippen molar-refractivity contribution in [3.63, 3.8) is 0 Å². The van der Waals surface area contributed by atoms with Gasteiger partial charge in [-0.2, -0.15) is 10.2 Å². The van der Waals surface area contributed by atoms with E-state index in [1.54, 1.807) is 12.4 Å². The molecule has 2 aromatic heterocycles. The van der Waals surface area contributed by atoms with Crippen molar-refractivity contribution < 1.29 is 4.79 Å². The van der Waals surface area contributed by atoms with Gasteiger partial charge in [-0.05, 0) is 31.2 Å². The molecule has 0 bridgehead atoms.